The Morgan fingerprint density at radius 1 is 1.08 bits per heavy atom. The minimum atomic E-state index is -0.138. The minimum Gasteiger partial charge on any atom is -0.393 e. The van der Waals surface area contributed by atoms with Crippen molar-refractivity contribution in [1.29, 1.82) is 0 Å². The van der Waals surface area contributed by atoms with E-state index < -0.39 is 0 Å². The third-order valence-electron chi connectivity index (χ3n) is 2.17. The van der Waals surface area contributed by atoms with Crippen molar-refractivity contribution in [3.63, 3.8) is 0 Å². The monoisotopic (exact) mass is 193 g/mol. The first kappa shape index (κ1) is 12.2. The molecule has 0 aromatic carbocycles. The first-order valence-corrected chi connectivity index (χ1v) is 4.28. The molecule has 0 radical (unpaired) electrons. The van der Waals surface area contributed by atoms with E-state index in [4.69, 9.17) is 0 Å². The van der Waals surface area contributed by atoms with Gasteiger partial charge in [0, 0.05) is 11.1 Å². The summed E-state index contributed by atoms with van der Waals surface area (Å²) in [6.07, 6.45) is 1.58. The molecule has 74 valence electrons. The van der Waals surface area contributed by atoms with Crippen molar-refractivity contribution in [2.75, 3.05) is 0 Å². The van der Waals surface area contributed by atoms with Crippen LogP contribution >= 0.6 is 12.4 Å². The molecule has 1 rings (SSSR count). The fraction of sp³-hybridized carbons (Fsp3) is 1.00. The van der Waals surface area contributed by atoms with Crippen molar-refractivity contribution in [3.8, 4) is 0 Å². The molecule has 1 aliphatic rings. The van der Waals surface area contributed by atoms with E-state index in [1.54, 1.807) is 0 Å². The summed E-state index contributed by atoms with van der Waals surface area (Å²) in [5, 5.41) is 13.0. The standard InChI is InChI=1S/C9H19NO.ClH/c1-8(2)5-7(11)6-9(3,4)10-8;/h7,10-11H,5-6H2,1-4H3;1H. The molecular formula is C9H20ClNO. The summed E-state index contributed by atoms with van der Waals surface area (Å²) in [6.45, 7) is 8.54. The second kappa shape index (κ2) is 3.52. The Balaban J connectivity index is 0.00000121. The van der Waals surface area contributed by atoms with Crippen molar-refractivity contribution < 1.29 is 5.11 Å². The smallest absolute Gasteiger partial charge is 0.0575 e. The molecular weight excluding hydrogens is 174 g/mol. The molecule has 1 aliphatic heterocycles. The van der Waals surface area contributed by atoms with Gasteiger partial charge >= 0.3 is 0 Å². The molecule has 0 saturated carbocycles. The van der Waals surface area contributed by atoms with Crippen LogP contribution in [0.4, 0.5) is 0 Å². The van der Waals surface area contributed by atoms with Crippen molar-refractivity contribution in [1.82, 2.24) is 5.32 Å². The molecule has 1 saturated heterocycles. The van der Waals surface area contributed by atoms with Gasteiger partial charge < -0.3 is 10.4 Å². The topological polar surface area (TPSA) is 32.3 Å². The lowest BCUT2D eigenvalue weighted by Crippen LogP contribution is -2.59. The van der Waals surface area contributed by atoms with E-state index in [0.717, 1.165) is 12.8 Å². The van der Waals surface area contributed by atoms with E-state index in [0.29, 0.717) is 0 Å². The van der Waals surface area contributed by atoms with Crippen LogP contribution in [0.25, 0.3) is 0 Å². The van der Waals surface area contributed by atoms with Crippen LogP contribution in [0, 0.1) is 0 Å². The van der Waals surface area contributed by atoms with Gasteiger partial charge in [0.25, 0.3) is 0 Å². The molecule has 0 unspecified atom stereocenters. The normalized spacial score (nSPS) is 27.8. The SMILES string of the molecule is CC1(C)CC(O)CC(C)(C)N1.Cl. The van der Waals surface area contributed by atoms with Gasteiger partial charge in [0.05, 0.1) is 6.10 Å². The number of rotatable bonds is 0. The zero-order valence-electron chi connectivity index (χ0n) is 8.35. The van der Waals surface area contributed by atoms with Crippen molar-refractivity contribution in [2.24, 2.45) is 0 Å². The van der Waals surface area contributed by atoms with Gasteiger partial charge in [-0.1, -0.05) is 0 Å². The lowest BCUT2D eigenvalue weighted by atomic mass is 9.81. The van der Waals surface area contributed by atoms with Gasteiger partial charge in [-0.15, -0.1) is 12.4 Å². The van der Waals surface area contributed by atoms with Crippen molar-refractivity contribution in [2.45, 2.75) is 57.7 Å². The Labute approximate surface area is 81.2 Å². The first-order valence-electron chi connectivity index (χ1n) is 4.28. The van der Waals surface area contributed by atoms with E-state index >= 15 is 0 Å². The quantitative estimate of drug-likeness (QED) is 0.614. The number of halogens is 1. The molecule has 0 aromatic rings. The van der Waals surface area contributed by atoms with Gasteiger partial charge in [0.1, 0.15) is 0 Å². The number of nitrogens with one attached hydrogen (secondary N) is 1. The lowest BCUT2D eigenvalue weighted by molar-refractivity contribution is 0.0396. The van der Waals surface area contributed by atoms with Crippen molar-refractivity contribution in [3.05, 3.63) is 0 Å². The lowest BCUT2D eigenvalue weighted by Gasteiger charge is -2.44. The second-order valence-electron chi connectivity index (χ2n) is 4.95. The molecule has 2 N–H and O–H groups in total. The van der Waals surface area contributed by atoms with E-state index in [1.165, 1.54) is 0 Å². The summed E-state index contributed by atoms with van der Waals surface area (Å²) < 4.78 is 0. The Kier molecular flexibility index (Phi) is 3.59. The molecule has 0 aliphatic carbocycles. The number of piperidine rings is 1. The summed E-state index contributed by atoms with van der Waals surface area (Å²) >= 11 is 0. The highest BCUT2D eigenvalue weighted by atomic mass is 35.5. The van der Waals surface area contributed by atoms with Crippen LogP contribution in [-0.4, -0.2) is 22.3 Å². The summed E-state index contributed by atoms with van der Waals surface area (Å²) in [7, 11) is 0. The molecule has 0 aromatic heterocycles. The summed E-state index contributed by atoms with van der Waals surface area (Å²) in [4.78, 5) is 0. The van der Waals surface area contributed by atoms with Crippen molar-refractivity contribution >= 4 is 12.4 Å². The van der Waals surface area contributed by atoms with E-state index in [9.17, 15) is 5.11 Å². The van der Waals surface area contributed by atoms with Crippen LogP contribution in [-0.2, 0) is 0 Å². The Morgan fingerprint density at radius 3 is 1.67 bits per heavy atom. The van der Waals surface area contributed by atoms with Crippen LogP contribution in [0.15, 0.2) is 0 Å². The average Bonchev–Trinajstić information content (AvgIpc) is 1.49. The summed E-state index contributed by atoms with van der Waals surface area (Å²) in [6, 6.07) is 0. The molecule has 1 fully saturated rings. The van der Waals surface area contributed by atoms with Gasteiger partial charge in [-0.3, -0.25) is 0 Å². The van der Waals surface area contributed by atoms with Gasteiger partial charge in [-0.25, -0.2) is 0 Å². The highest BCUT2D eigenvalue weighted by molar-refractivity contribution is 5.85. The third kappa shape index (κ3) is 3.30. The molecule has 12 heavy (non-hydrogen) atoms. The average molecular weight is 194 g/mol. The molecule has 0 spiro atoms. The Morgan fingerprint density at radius 2 is 1.42 bits per heavy atom. The first-order chi connectivity index (χ1) is 4.81. The minimum absolute atomic E-state index is 0. The zero-order valence-corrected chi connectivity index (χ0v) is 9.16. The van der Waals surface area contributed by atoms with Crippen LogP contribution in [0.1, 0.15) is 40.5 Å². The van der Waals surface area contributed by atoms with Crippen LogP contribution in [0.2, 0.25) is 0 Å². The van der Waals surface area contributed by atoms with Gasteiger partial charge in [-0.05, 0) is 40.5 Å². The van der Waals surface area contributed by atoms with Crippen LogP contribution in [0.5, 0.6) is 0 Å². The summed E-state index contributed by atoms with van der Waals surface area (Å²) in [5.74, 6) is 0. The van der Waals surface area contributed by atoms with E-state index in [-0.39, 0.29) is 29.6 Å². The largest absolute Gasteiger partial charge is 0.393 e. The van der Waals surface area contributed by atoms with Crippen LogP contribution in [0.3, 0.4) is 0 Å². The van der Waals surface area contributed by atoms with Gasteiger partial charge in [-0.2, -0.15) is 0 Å². The molecule has 3 heteroatoms. The van der Waals surface area contributed by atoms with Crippen LogP contribution < -0.4 is 5.32 Å². The van der Waals surface area contributed by atoms with Gasteiger partial charge in [0.2, 0.25) is 0 Å². The summed E-state index contributed by atoms with van der Waals surface area (Å²) in [5.41, 5.74) is 0.169. The Bertz CT molecular complexity index is 141. The third-order valence-corrected chi connectivity index (χ3v) is 2.17. The number of hydrogen-bond donors (Lipinski definition) is 2. The maximum atomic E-state index is 9.54. The highest BCUT2D eigenvalue weighted by Crippen LogP contribution is 2.27. The van der Waals surface area contributed by atoms with E-state index in [2.05, 4.69) is 33.0 Å². The molecule has 0 amide bonds. The molecule has 0 atom stereocenters. The maximum Gasteiger partial charge on any atom is 0.0575 e. The zero-order chi connectivity index (χ0) is 8.70. The van der Waals surface area contributed by atoms with Gasteiger partial charge in [0.15, 0.2) is 0 Å². The predicted molar refractivity (Wildman–Crippen MR) is 53.8 cm³/mol. The number of aliphatic hydroxyl groups is 1. The fourth-order valence-electron chi connectivity index (χ4n) is 2.27. The number of aliphatic hydroxyl groups excluding tert-OH is 1. The predicted octanol–water partition coefficient (Wildman–Crippen LogP) is 1.71. The highest BCUT2D eigenvalue weighted by Gasteiger charge is 2.36. The fourth-order valence-corrected chi connectivity index (χ4v) is 2.27. The molecule has 0 bridgehead atoms. The molecule has 2 nitrogen and oxygen atoms in total. The second-order valence-corrected chi connectivity index (χ2v) is 4.95. The number of hydrogen-bond acceptors (Lipinski definition) is 2. The van der Waals surface area contributed by atoms with E-state index in [1.807, 2.05) is 0 Å². The molecule has 1 heterocycles. The maximum absolute atomic E-state index is 9.54. The Hall–Kier alpha value is 0.210.